The highest BCUT2D eigenvalue weighted by molar-refractivity contribution is 5.81. The van der Waals surface area contributed by atoms with Crippen molar-refractivity contribution in [3.63, 3.8) is 0 Å². The summed E-state index contributed by atoms with van der Waals surface area (Å²) in [4.78, 5) is 22.1. The molecule has 1 aromatic carbocycles. The van der Waals surface area contributed by atoms with E-state index in [-0.39, 0.29) is 11.7 Å². The zero-order valence-electron chi connectivity index (χ0n) is 14.3. The monoisotopic (exact) mass is 333 g/mol. The molecule has 1 aromatic heterocycles. The molecular formula is C17H23N3O4. The molecular weight excluding hydrogens is 310 g/mol. The Balaban J connectivity index is 1.91. The number of benzene rings is 1. The lowest BCUT2D eigenvalue weighted by molar-refractivity contribution is -0.0331. The van der Waals surface area contributed by atoms with Gasteiger partial charge in [0.05, 0.1) is 44.4 Å². The minimum atomic E-state index is -0.170. The van der Waals surface area contributed by atoms with E-state index in [2.05, 4.69) is 21.8 Å². The third-order valence-electron chi connectivity index (χ3n) is 4.31. The van der Waals surface area contributed by atoms with Crippen LogP contribution < -0.4 is 15.0 Å². The van der Waals surface area contributed by atoms with Crippen LogP contribution in [0.3, 0.4) is 0 Å². The number of hydrogen-bond acceptors (Lipinski definition) is 6. The topological polar surface area (TPSA) is 76.7 Å². The fraction of sp³-hybridized carbons (Fsp3) is 0.529. The molecule has 0 unspecified atom stereocenters. The Morgan fingerprint density at radius 3 is 2.79 bits per heavy atom. The van der Waals surface area contributed by atoms with Crippen molar-refractivity contribution in [3.05, 3.63) is 28.3 Å². The van der Waals surface area contributed by atoms with Gasteiger partial charge in [0.2, 0.25) is 0 Å². The Labute approximate surface area is 140 Å². The summed E-state index contributed by atoms with van der Waals surface area (Å²) in [5.41, 5.74) is 0.433. The maximum atomic E-state index is 12.4. The summed E-state index contributed by atoms with van der Waals surface area (Å²) in [6.07, 6.45) is 1.23. The number of aromatic amines is 1. The van der Waals surface area contributed by atoms with Crippen LogP contribution in [-0.2, 0) is 11.3 Å². The molecule has 1 aliphatic rings. The number of H-pyrrole nitrogens is 1. The normalized spacial score (nSPS) is 18.7. The molecule has 1 fully saturated rings. The molecule has 0 bridgehead atoms. The van der Waals surface area contributed by atoms with Crippen LogP contribution in [0.2, 0.25) is 0 Å². The lowest BCUT2D eigenvalue weighted by Gasteiger charge is -2.31. The Kier molecular flexibility index (Phi) is 5.01. The molecule has 1 saturated heterocycles. The summed E-state index contributed by atoms with van der Waals surface area (Å²) >= 11 is 0. The van der Waals surface area contributed by atoms with Gasteiger partial charge in [0.15, 0.2) is 11.5 Å². The number of nitrogens with zero attached hydrogens (tertiary/aromatic N) is 2. The van der Waals surface area contributed by atoms with Crippen LogP contribution in [0.25, 0.3) is 10.9 Å². The van der Waals surface area contributed by atoms with Crippen molar-refractivity contribution in [2.24, 2.45) is 0 Å². The van der Waals surface area contributed by atoms with E-state index in [4.69, 9.17) is 14.2 Å². The number of methoxy groups -OCH3 is 2. The predicted octanol–water partition coefficient (Wildman–Crippen LogP) is 1.55. The van der Waals surface area contributed by atoms with E-state index in [1.54, 1.807) is 26.4 Å². The molecule has 0 radical (unpaired) electrons. The van der Waals surface area contributed by atoms with Crippen molar-refractivity contribution in [2.75, 3.05) is 33.9 Å². The molecule has 130 valence electrons. The van der Waals surface area contributed by atoms with Crippen LogP contribution in [0.15, 0.2) is 16.9 Å². The van der Waals surface area contributed by atoms with E-state index in [9.17, 15) is 4.79 Å². The molecule has 1 atom stereocenters. The van der Waals surface area contributed by atoms with Gasteiger partial charge in [-0.05, 0) is 12.5 Å². The van der Waals surface area contributed by atoms with Crippen LogP contribution in [0, 0.1) is 0 Å². The predicted molar refractivity (Wildman–Crippen MR) is 90.8 cm³/mol. The molecule has 7 nitrogen and oxygen atoms in total. The number of morpholine rings is 1. The molecule has 1 aliphatic heterocycles. The molecule has 1 N–H and O–H groups in total. The number of fused-ring (bicyclic) bond motifs is 1. The molecule has 3 rings (SSSR count). The number of hydrogen-bond donors (Lipinski definition) is 1. The first-order chi connectivity index (χ1) is 11.6. The van der Waals surface area contributed by atoms with Gasteiger partial charge in [0, 0.05) is 19.2 Å². The average molecular weight is 333 g/mol. The van der Waals surface area contributed by atoms with Crippen LogP contribution in [0.1, 0.15) is 19.2 Å². The first-order valence-electron chi connectivity index (χ1n) is 8.13. The van der Waals surface area contributed by atoms with Crippen molar-refractivity contribution in [1.82, 2.24) is 14.9 Å². The smallest absolute Gasteiger partial charge is 0.258 e. The highest BCUT2D eigenvalue weighted by atomic mass is 16.5. The van der Waals surface area contributed by atoms with Crippen molar-refractivity contribution in [3.8, 4) is 11.5 Å². The second-order valence-corrected chi connectivity index (χ2v) is 5.87. The van der Waals surface area contributed by atoms with Crippen LogP contribution in [0.5, 0.6) is 11.5 Å². The van der Waals surface area contributed by atoms with E-state index in [0.717, 1.165) is 19.5 Å². The maximum Gasteiger partial charge on any atom is 0.258 e. The van der Waals surface area contributed by atoms with E-state index in [1.807, 2.05) is 0 Å². The minimum Gasteiger partial charge on any atom is -0.493 e. The van der Waals surface area contributed by atoms with Crippen LogP contribution in [-0.4, -0.2) is 54.9 Å². The molecule has 0 amide bonds. The van der Waals surface area contributed by atoms with Gasteiger partial charge in [0.1, 0.15) is 5.82 Å². The standard InChI is InChI=1S/C17H23N3O4/c1-4-11-9-20(5-6-24-11)10-16-18-13-8-15(23-3)14(22-2)7-12(13)17(21)19-16/h7-8,11H,4-6,9-10H2,1-3H3,(H,18,19,21)/t11-/m1/s1. The third kappa shape index (κ3) is 3.37. The fourth-order valence-corrected chi connectivity index (χ4v) is 2.97. The zero-order valence-corrected chi connectivity index (χ0v) is 14.3. The Hall–Kier alpha value is -2.12. The van der Waals surface area contributed by atoms with Gasteiger partial charge in [-0.15, -0.1) is 0 Å². The third-order valence-corrected chi connectivity index (χ3v) is 4.31. The first kappa shape index (κ1) is 16.7. The second kappa shape index (κ2) is 7.19. The number of nitrogens with one attached hydrogen (secondary N) is 1. The van der Waals surface area contributed by atoms with Gasteiger partial charge < -0.3 is 19.2 Å². The lowest BCUT2D eigenvalue weighted by atomic mass is 10.2. The summed E-state index contributed by atoms with van der Waals surface area (Å²) in [6, 6.07) is 3.40. The summed E-state index contributed by atoms with van der Waals surface area (Å²) < 4.78 is 16.2. The quantitative estimate of drug-likeness (QED) is 0.895. The largest absolute Gasteiger partial charge is 0.493 e. The Bertz CT molecular complexity index is 774. The van der Waals surface area contributed by atoms with Crippen molar-refractivity contribution >= 4 is 10.9 Å². The molecule has 24 heavy (non-hydrogen) atoms. The molecule has 2 aromatic rings. The molecule has 2 heterocycles. The van der Waals surface area contributed by atoms with E-state index >= 15 is 0 Å². The van der Waals surface area contributed by atoms with Crippen molar-refractivity contribution in [1.29, 1.82) is 0 Å². The Morgan fingerprint density at radius 2 is 2.08 bits per heavy atom. The highest BCUT2D eigenvalue weighted by Gasteiger charge is 2.20. The Morgan fingerprint density at radius 1 is 1.33 bits per heavy atom. The molecule has 0 saturated carbocycles. The minimum absolute atomic E-state index is 0.170. The van der Waals surface area contributed by atoms with Crippen LogP contribution in [0.4, 0.5) is 0 Å². The van der Waals surface area contributed by atoms with Gasteiger partial charge >= 0.3 is 0 Å². The van der Waals surface area contributed by atoms with Gasteiger partial charge in [-0.25, -0.2) is 4.98 Å². The fourth-order valence-electron chi connectivity index (χ4n) is 2.97. The SMILES string of the molecule is CC[C@@H]1CN(Cc2nc3cc(OC)c(OC)cc3c(=O)[nH]2)CCO1. The number of rotatable bonds is 5. The van der Waals surface area contributed by atoms with Gasteiger partial charge in [0.25, 0.3) is 5.56 Å². The summed E-state index contributed by atoms with van der Waals surface area (Å²) in [5.74, 6) is 1.73. The highest BCUT2D eigenvalue weighted by Crippen LogP contribution is 2.29. The average Bonchev–Trinajstić information content (AvgIpc) is 2.60. The number of ether oxygens (including phenoxy) is 3. The summed E-state index contributed by atoms with van der Waals surface area (Å²) in [7, 11) is 3.11. The van der Waals surface area contributed by atoms with Crippen LogP contribution >= 0.6 is 0 Å². The number of aromatic nitrogens is 2. The van der Waals surface area contributed by atoms with E-state index in [1.165, 1.54) is 0 Å². The van der Waals surface area contributed by atoms with Crippen molar-refractivity contribution < 1.29 is 14.2 Å². The zero-order chi connectivity index (χ0) is 17.1. The summed E-state index contributed by atoms with van der Waals surface area (Å²) in [6.45, 7) is 5.11. The van der Waals surface area contributed by atoms with Gasteiger partial charge in [-0.3, -0.25) is 9.69 Å². The van der Waals surface area contributed by atoms with E-state index < -0.39 is 0 Å². The molecule has 0 aliphatic carbocycles. The molecule has 0 spiro atoms. The van der Waals surface area contributed by atoms with E-state index in [0.29, 0.717) is 41.4 Å². The van der Waals surface area contributed by atoms with Gasteiger partial charge in [-0.2, -0.15) is 0 Å². The first-order valence-corrected chi connectivity index (χ1v) is 8.13. The lowest BCUT2D eigenvalue weighted by Crippen LogP contribution is -2.42. The maximum absolute atomic E-state index is 12.4. The van der Waals surface area contributed by atoms with Crippen molar-refractivity contribution in [2.45, 2.75) is 26.0 Å². The molecule has 7 heteroatoms. The van der Waals surface area contributed by atoms with Gasteiger partial charge in [-0.1, -0.05) is 6.92 Å². The summed E-state index contributed by atoms with van der Waals surface area (Å²) in [5, 5.41) is 0.491. The second-order valence-electron chi connectivity index (χ2n) is 5.87.